The number of nitrogens with one attached hydrogen (secondary N) is 1. The predicted octanol–water partition coefficient (Wildman–Crippen LogP) is 4.41. The quantitative estimate of drug-likeness (QED) is 0.828. The number of carbonyl (C=O) groups excluding carboxylic acids is 2. The van der Waals surface area contributed by atoms with Crippen LogP contribution in [-0.4, -0.2) is 21.6 Å². The highest BCUT2D eigenvalue weighted by Crippen LogP contribution is 2.21. The van der Waals surface area contributed by atoms with Crippen molar-refractivity contribution in [1.82, 2.24) is 9.78 Å². The van der Waals surface area contributed by atoms with Gasteiger partial charge in [-0.25, -0.2) is 4.68 Å². The maximum atomic E-state index is 12.4. The number of hydrogen-bond acceptors (Lipinski definition) is 3. The normalized spacial score (nSPS) is 11.0. The highest BCUT2D eigenvalue weighted by atomic mass is 35.5. The fourth-order valence-electron chi connectivity index (χ4n) is 2.72. The molecule has 1 heterocycles. The van der Waals surface area contributed by atoms with Gasteiger partial charge in [0, 0.05) is 18.5 Å². The molecule has 1 aromatic heterocycles. The van der Waals surface area contributed by atoms with Crippen molar-refractivity contribution >= 4 is 29.1 Å². The Bertz CT molecular complexity index is 781. The summed E-state index contributed by atoms with van der Waals surface area (Å²) in [7, 11) is 0. The number of hydrogen-bond donors (Lipinski definition) is 1. The molecule has 6 heteroatoms. The standard InChI is InChI=1S/C19H24ClN3O2/c1-12(2)11-15-13(3)22-23(14(15)4)19(25)10-9-18(24)21-17-8-6-5-7-16(17)20/h5-8,12H,9-11H2,1-4H3,(H,21,24). The molecule has 25 heavy (non-hydrogen) atoms. The largest absolute Gasteiger partial charge is 0.325 e. The molecule has 0 unspecified atom stereocenters. The molecule has 134 valence electrons. The van der Waals surface area contributed by atoms with Crippen LogP contribution in [0.2, 0.25) is 5.02 Å². The average molecular weight is 362 g/mol. The molecule has 0 bridgehead atoms. The molecule has 2 rings (SSSR count). The van der Waals surface area contributed by atoms with Crippen molar-refractivity contribution in [2.45, 2.75) is 47.0 Å². The van der Waals surface area contributed by atoms with E-state index in [0.29, 0.717) is 16.6 Å². The second-order valence-electron chi connectivity index (χ2n) is 6.58. The second-order valence-corrected chi connectivity index (χ2v) is 6.99. The van der Waals surface area contributed by atoms with Gasteiger partial charge in [-0.15, -0.1) is 0 Å². The molecule has 0 radical (unpaired) electrons. The van der Waals surface area contributed by atoms with Crippen LogP contribution in [0.25, 0.3) is 0 Å². The Kier molecular flexibility index (Phi) is 6.37. The van der Waals surface area contributed by atoms with Crippen molar-refractivity contribution < 1.29 is 9.59 Å². The van der Waals surface area contributed by atoms with Crippen molar-refractivity contribution in [3.8, 4) is 0 Å². The van der Waals surface area contributed by atoms with Gasteiger partial charge in [0.25, 0.3) is 0 Å². The maximum Gasteiger partial charge on any atom is 0.247 e. The minimum absolute atomic E-state index is 0.0852. The molecule has 0 saturated heterocycles. The Morgan fingerprint density at radius 3 is 2.52 bits per heavy atom. The summed E-state index contributed by atoms with van der Waals surface area (Å²) in [5.41, 5.74) is 3.40. The molecule has 5 nitrogen and oxygen atoms in total. The molecule has 0 spiro atoms. The van der Waals surface area contributed by atoms with E-state index in [0.717, 1.165) is 23.4 Å². The van der Waals surface area contributed by atoms with Crippen molar-refractivity contribution in [3.63, 3.8) is 0 Å². The lowest BCUT2D eigenvalue weighted by Gasteiger charge is -2.08. The Labute approximate surface area is 153 Å². The molecule has 1 amide bonds. The molecule has 0 atom stereocenters. The molecule has 0 aliphatic carbocycles. The van der Waals surface area contributed by atoms with Crippen LogP contribution in [0, 0.1) is 19.8 Å². The van der Waals surface area contributed by atoms with Crippen LogP contribution >= 0.6 is 11.6 Å². The summed E-state index contributed by atoms with van der Waals surface area (Å²) in [5.74, 6) is 0.0712. The summed E-state index contributed by atoms with van der Waals surface area (Å²) in [6.07, 6.45) is 1.07. The van der Waals surface area contributed by atoms with Gasteiger partial charge in [0.2, 0.25) is 11.8 Å². The Morgan fingerprint density at radius 1 is 1.20 bits per heavy atom. The molecular weight excluding hydrogens is 338 g/mol. The smallest absolute Gasteiger partial charge is 0.247 e. The van der Waals surface area contributed by atoms with Gasteiger partial charge in [0.15, 0.2) is 0 Å². The first-order chi connectivity index (χ1) is 11.8. The van der Waals surface area contributed by atoms with E-state index in [2.05, 4.69) is 24.3 Å². The summed E-state index contributed by atoms with van der Waals surface area (Å²) in [5, 5.41) is 7.55. The van der Waals surface area contributed by atoms with Crippen molar-refractivity contribution in [2.24, 2.45) is 5.92 Å². The zero-order chi connectivity index (χ0) is 18.6. The first-order valence-electron chi connectivity index (χ1n) is 8.42. The lowest BCUT2D eigenvalue weighted by atomic mass is 10.0. The maximum absolute atomic E-state index is 12.4. The number of aromatic nitrogens is 2. The van der Waals surface area contributed by atoms with Gasteiger partial charge < -0.3 is 5.32 Å². The number of para-hydroxylation sites is 1. The van der Waals surface area contributed by atoms with Gasteiger partial charge in [-0.3, -0.25) is 9.59 Å². The molecule has 1 aromatic carbocycles. The minimum atomic E-state index is -0.245. The number of amides is 1. The average Bonchev–Trinajstić information content (AvgIpc) is 2.82. The lowest BCUT2D eigenvalue weighted by Crippen LogP contribution is -2.18. The summed E-state index contributed by atoms with van der Waals surface area (Å²) in [4.78, 5) is 24.5. The summed E-state index contributed by atoms with van der Waals surface area (Å²) >= 11 is 6.01. The lowest BCUT2D eigenvalue weighted by molar-refractivity contribution is -0.116. The third-order valence-corrected chi connectivity index (χ3v) is 4.33. The highest BCUT2D eigenvalue weighted by Gasteiger charge is 2.18. The third-order valence-electron chi connectivity index (χ3n) is 4.00. The van der Waals surface area contributed by atoms with E-state index in [1.165, 1.54) is 4.68 Å². The monoisotopic (exact) mass is 361 g/mol. The van der Waals surface area contributed by atoms with Crippen LogP contribution < -0.4 is 5.32 Å². The molecule has 0 saturated carbocycles. The van der Waals surface area contributed by atoms with E-state index in [9.17, 15) is 9.59 Å². The molecule has 1 N–H and O–H groups in total. The van der Waals surface area contributed by atoms with Gasteiger partial charge in [0.1, 0.15) is 0 Å². The number of halogens is 1. The van der Waals surface area contributed by atoms with E-state index in [1.54, 1.807) is 24.3 Å². The SMILES string of the molecule is Cc1nn(C(=O)CCC(=O)Nc2ccccc2Cl)c(C)c1CC(C)C. The first-order valence-corrected chi connectivity index (χ1v) is 8.80. The molecule has 0 aliphatic rings. The summed E-state index contributed by atoms with van der Waals surface area (Å²) in [6, 6.07) is 7.01. The van der Waals surface area contributed by atoms with Gasteiger partial charge in [-0.1, -0.05) is 37.6 Å². The number of anilines is 1. The zero-order valence-corrected chi connectivity index (χ0v) is 15.9. The summed E-state index contributed by atoms with van der Waals surface area (Å²) < 4.78 is 1.43. The highest BCUT2D eigenvalue weighted by molar-refractivity contribution is 6.33. The number of rotatable bonds is 6. The van der Waals surface area contributed by atoms with Crippen LogP contribution in [0.15, 0.2) is 24.3 Å². The number of aryl methyl sites for hydroxylation is 1. The van der Waals surface area contributed by atoms with Crippen LogP contribution in [0.3, 0.4) is 0 Å². The molecule has 2 aromatic rings. The van der Waals surface area contributed by atoms with Gasteiger partial charge >= 0.3 is 0 Å². The summed E-state index contributed by atoms with van der Waals surface area (Å²) in [6.45, 7) is 8.09. The van der Waals surface area contributed by atoms with Crippen LogP contribution in [0.1, 0.15) is 48.4 Å². The van der Waals surface area contributed by atoms with Crippen molar-refractivity contribution in [1.29, 1.82) is 0 Å². The molecule has 0 aliphatic heterocycles. The molecular formula is C19H24ClN3O2. The third kappa shape index (κ3) is 4.92. The second kappa shape index (κ2) is 8.30. The Hall–Kier alpha value is -2.14. The fourth-order valence-corrected chi connectivity index (χ4v) is 2.91. The topological polar surface area (TPSA) is 64.0 Å². The number of nitrogens with zero attached hydrogens (tertiary/aromatic N) is 2. The minimum Gasteiger partial charge on any atom is -0.325 e. The van der Waals surface area contributed by atoms with Crippen LogP contribution in [-0.2, 0) is 11.2 Å². The van der Waals surface area contributed by atoms with E-state index in [-0.39, 0.29) is 24.7 Å². The number of benzene rings is 1. The Balaban J connectivity index is 1.98. The number of carbonyl (C=O) groups is 2. The van der Waals surface area contributed by atoms with Gasteiger partial charge in [-0.05, 0) is 43.9 Å². The Morgan fingerprint density at radius 2 is 1.88 bits per heavy atom. The van der Waals surface area contributed by atoms with Gasteiger partial charge in [0.05, 0.1) is 16.4 Å². The first kappa shape index (κ1) is 19.2. The van der Waals surface area contributed by atoms with E-state index in [4.69, 9.17) is 11.6 Å². The van der Waals surface area contributed by atoms with E-state index < -0.39 is 0 Å². The van der Waals surface area contributed by atoms with Crippen molar-refractivity contribution in [2.75, 3.05) is 5.32 Å². The van der Waals surface area contributed by atoms with E-state index >= 15 is 0 Å². The van der Waals surface area contributed by atoms with Crippen LogP contribution in [0.4, 0.5) is 5.69 Å². The van der Waals surface area contributed by atoms with Gasteiger partial charge in [-0.2, -0.15) is 5.10 Å². The van der Waals surface area contributed by atoms with Crippen LogP contribution in [0.5, 0.6) is 0 Å². The van der Waals surface area contributed by atoms with Crippen molar-refractivity contribution in [3.05, 3.63) is 46.2 Å². The fraction of sp³-hybridized carbons (Fsp3) is 0.421. The molecule has 0 fully saturated rings. The zero-order valence-electron chi connectivity index (χ0n) is 15.1. The van der Waals surface area contributed by atoms with E-state index in [1.807, 2.05) is 13.8 Å². The predicted molar refractivity (Wildman–Crippen MR) is 100 cm³/mol.